The SMILES string of the molecule is C[C@H]1CN([C@@H](C)CO)C(=O)c2cccc(NC(=O)Nc3ccc(C(F)(F)F)cc3)c2O[C@H]1CN(C)C(=O)Nc1cccc2ccccc12. The maximum absolute atomic E-state index is 13.8. The average Bonchev–Trinajstić information content (AvgIpc) is 3.06. The summed E-state index contributed by atoms with van der Waals surface area (Å²) >= 11 is 0. The lowest BCUT2D eigenvalue weighted by Crippen LogP contribution is -2.50. The van der Waals surface area contributed by atoms with Crippen LogP contribution < -0.4 is 20.7 Å². The number of para-hydroxylation sites is 1. The summed E-state index contributed by atoms with van der Waals surface area (Å²) in [7, 11) is 1.62. The molecule has 0 radical (unpaired) electrons. The first-order chi connectivity index (χ1) is 22.8. The van der Waals surface area contributed by atoms with Crippen molar-refractivity contribution in [3.8, 4) is 5.75 Å². The molecule has 4 N–H and O–H groups in total. The molecule has 10 nitrogen and oxygen atoms in total. The summed E-state index contributed by atoms with van der Waals surface area (Å²) in [6.07, 6.45) is -5.19. The van der Waals surface area contributed by atoms with Crippen molar-refractivity contribution in [1.29, 1.82) is 0 Å². The number of urea groups is 2. The number of ether oxygens (including phenoxy) is 1. The molecule has 13 heteroatoms. The first-order valence-corrected chi connectivity index (χ1v) is 15.3. The fraction of sp³-hybridized carbons (Fsp3) is 0.286. The molecule has 252 valence electrons. The Morgan fingerprint density at radius 1 is 0.958 bits per heavy atom. The van der Waals surface area contributed by atoms with Crippen LogP contribution in [0.1, 0.15) is 29.8 Å². The molecule has 4 aromatic rings. The molecular weight excluding hydrogens is 627 g/mol. The van der Waals surface area contributed by atoms with Gasteiger partial charge < -0.3 is 35.6 Å². The number of carbonyl (C=O) groups is 3. The second-order valence-electron chi connectivity index (χ2n) is 11.8. The van der Waals surface area contributed by atoms with Crippen LogP contribution in [-0.4, -0.2) is 71.8 Å². The standard InChI is InChI=1S/C35H36F3N5O5/c1-21-18-43(22(2)20-44)32(45)27-11-7-13-29(40-33(46)39-25-16-14-24(15-17-25)35(36,37)38)31(27)48-30(21)19-42(3)34(47)41-28-12-6-9-23-8-4-5-10-26(23)28/h4-17,21-22,30,44H,18-20H2,1-3H3,(H,41,47)(H2,39,40,46)/t21-,22-,30-/m0/s1. The van der Waals surface area contributed by atoms with Crippen molar-refractivity contribution in [2.24, 2.45) is 5.92 Å². The van der Waals surface area contributed by atoms with E-state index in [2.05, 4.69) is 16.0 Å². The lowest BCUT2D eigenvalue weighted by molar-refractivity contribution is -0.137. The van der Waals surface area contributed by atoms with Crippen LogP contribution in [0.3, 0.4) is 0 Å². The Labute approximate surface area is 275 Å². The van der Waals surface area contributed by atoms with E-state index in [-0.39, 0.29) is 54.3 Å². The first-order valence-electron chi connectivity index (χ1n) is 15.3. The number of aliphatic hydroxyl groups is 1. The Kier molecular flexibility index (Phi) is 10.1. The van der Waals surface area contributed by atoms with Gasteiger partial charge in [0.25, 0.3) is 5.91 Å². The lowest BCUT2D eigenvalue weighted by Gasteiger charge is -2.38. The van der Waals surface area contributed by atoms with Crippen molar-refractivity contribution in [2.75, 3.05) is 42.7 Å². The van der Waals surface area contributed by atoms with Gasteiger partial charge in [0, 0.05) is 30.6 Å². The number of amides is 5. The summed E-state index contributed by atoms with van der Waals surface area (Å²) in [4.78, 5) is 43.2. The highest BCUT2D eigenvalue weighted by Gasteiger charge is 2.35. The van der Waals surface area contributed by atoms with Gasteiger partial charge in [-0.3, -0.25) is 4.79 Å². The van der Waals surface area contributed by atoms with Crippen LogP contribution in [0.15, 0.2) is 84.9 Å². The van der Waals surface area contributed by atoms with Crippen LogP contribution in [0.5, 0.6) is 5.75 Å². The Morgan fingerprint density at radius 3 is 2.33 bits per heavy atom. The highest BCUT2D eigenvalue weighted by Crippen LogP contribution is 2.35. The zero-order valence-electron chi connectivity index (χ0n) is 26.5. The Morgan fingerprint density at radius 2 is 1.62 bits per heavy atom. The molecule has 1 aliphatic heterocycles. The van der Waals surface area contributed by atoms with Gasteiger partial charge in [-0.05, 0) is 54.8 Å². The summed E-state index contributed by atoms with van der Waals surface area (Å²) < 4.78 is 45.4. The minimum atomic E-state index is -4.52. The van der Waals surface area contributed by atoms with E-state index < -0.39 is 35.8 Å². The van der Waals surface area contributed by atoms with Gasteiger partial charge in [0.1, 0.15) is 6.10 Å². The molecule has 1 heterocycles. The predicted octanol–water partition coefficient (Wildman–Crippen LogP) is 6.89. The Balaban J connectivity index is 1.40. The van der Waals surface area contributed by atoms with E-state index in [1.165, 1.54) is 21.9 Å². The van der Waals surface area contributed by atoms with Crippen LogP contribution in [0.2, 0.25) is 0 Å². The van der Waals surface area contributed by atoms with Gasteiger partial charge in [0.05, 0.1) is 41.7 Å². The Hall–Kier alpha value is -5.30. The van der Waals surface area contributed by atoms with Gasteiger partial charge in [-0.25, -0.2) is 9.59 Å². The summed E-state index contributed by atoms with van der Waals surface area (Å²) in [6.45, 7) is 3.60. The maximum atomic E-state index is 13.8. The van der Waals surface area contributed by atoms with Crippen molar-refractivity contribution in [3.63, 3.8) is 0 Å². The fourth-order valence-corrected chi connectivity index (χ4v) is 5.48. The molecule has 48 heavy (non-hydrogen) atoms. The van der Waals surface area contributed by atoms with Gasteiger partial charge in [0.15, 0.2) is 5.75 Å². The van der Waals surface area contributed by atoms with E-state index in [4.69, 9.17) is 4.74 Å². The highest BCUT2D eigenvalue weighted by molar-refractivity contribution is 6.04. The van der Waals surface area contributed by atoms with Gasteiger partial charge in [0.2, 0.25) is 0 Å². The summed E-state index contributed by atoms with van der Waals surface area (Å²) in [5.41, 5.74) is 0.152. The quantitative estimate of drug-likeness (QED) is 0.172. The summed E-state index contributed by atoms with van der Waals surface area (Å²) in [6, 6.07) is 20.2. The molecular formula is C35H36F3N5O5. The molecule has 0 fully saturated rings. The number of nitrogens with one attached hydrogen (secondary N) is 3. The monoisotopic (exact) mass is 663 g/mol. The number of benzene rings is 4. The molecule has 0 saturated carbocycles. The van der Waals surface area contributed by atoms with Gasteiger partial charge in [-0.2, -0.15) is 13.2 Å². The molecule has 3 atom stereocenters. The molecule has 4 aromatic carbocycles. The predicted molar refractivity (Wildman–Crippen MR) is 177 cm³/mol. The lowest BCUT2D eigenvalue weighted by atomic mass is 9.99. The summed E-state index contributed by atoms with van der Waals surface area (Å²) in [5, 5.41) is 19.9. The number of alkyl halides is 3. The number of fused-ring (bicyclic) bond motifs is 2. The molecule has 0 aliphatic carbocycles. The number of rotatable bonds is 7. The van der Waals surface area contributed by atoms with Crippen molar-refractivity contribution >= 4 is 45.8 Å². The van der Waals surface area contributed by atoms with E-state index in [0.717, 1.165) is 35.0 Å². The molecule has 0 saturated heterocycles. The number of carbonyl (C=O) groups excluding carboxylic acids is 3. The van der Waals surface area contributed by atoms with Gasteiger partial charge >= 0.3 is 18.2 Å². The molecule has 1 aliphatic rings. The maximum Gasteiger partial charge on any atom is 0.416 e. The van der Waals surface area contributed by atoms with E-state index in [9.17, 15) is 32.7 Å². The van der Waals surface area contributed by atoms with Crippen molar-refractivity contribution in [3.05, 3.63) is 96.1 Å². The molecule has 0 unspecified atom stereocenters. The van der Waals surface area contributed by atoms with Crippen LogP contribution in [0, 0.1) is 5.92 Å². The minimum Gasteiger partial charge on any atom is -0.485 e. The second-order valence-corrected chi connectivity index (χ2v) is 11.8. The normalized spacial score (nSPS) is 17.0. The number of likely N-dealkylation sites (N-methyl/N-ethyl adjacent to an activating group) is 1. The Bertz CT molecular complexity index is 1790. The molecule has 0 spiro atoms. The molecule has 5 amide bonds. The minimum absolute atomic E-state index is 0.0552. The largest absolute Gasteiger partial charge is 0.485 e. The average molecular weight is 664 g/mol. The zero-order chi connectivity index (χ0) is 34.6. The third-order valence-electron chi connectivity index (χ3n) is 8.24. The van der Waals surface area contributed by atoms with E-state index in [1.807, 2.05) is 49.4 Å². The second kappa shape index (κ2) is 14.2. The van der Waals surface area contributed by atoms with Gasteiger partial charge in [-0.15, -0.1) is 0 Å². The third-order valence-corrected chi connectivity index (χ3v) is 8.24. The number of hydrogen-bond donors (Lipinski definition) is 4. The number of anilines is 3. The number of nitrogens with zero attached hydrogens (tertiary/aromatic N) is 2. The molecule has 0 bridgehead atoms. The first kappa shape index (κ1) is 34.0. The van der Waals surface area contributed by atoms with Crippen molar-refractivity contribution < 1.29 is 37.4 Å². The smallest absolute Gasteiger partial charge is 0.416 e. The van der Waals surface area contributed by atoms with Crippen molar-refractivity contribution in [1.82, 2.24) is 9.80 Å². The van der Waals surface area contributed by atoms with E-state index in [0.29, 0.717) is 5.69 Å². The summed E-state index contributed by atoms with van der Waals surface area (Å²) in [5.74, 6) is -0.705. The van der Waals surface area contributed by atoms with Crippen LogP contribution in [0.25, 0.3) is 10.8 Å². The zero-order valence-corrected chi connectivity index (χ0v) is 26.5. The van der Waals surface area contributed by atoms with E-state index >= 15 is 0 Å². The van der Waals surface area contributed by atoms with Gasteiger partial charge in [-0.1, -0.05) is 49.4 Å². The number of hydrogen-bond acceptors (Lipinski definition) is 5. The molecule has 5 rings (SSSR count). The third kappa shape index (κ3) is 7.63. The highest BCUT2D eigenvalue weighted by atomic mass is 19.4. The fourth-order valence-electron chi connectivity index (χ4n) is 5.48. The van der Waals surface area contributed by atoms with Crippen molar-refractivity contribution in [2.45, 2.75) is 32.2 Å². The number of halogens is 3. The van der Waals surface area contributed by atoms with Crippen LogP contribution in [0.4, 0.5) is 39.8 Å². The molecule has 0 aromatic heterocycles. The van der Waals surface area contributed by atoms with Crippen LogP contribution in [-0.2, 0) is 6.18 Å². The van der Waals surface area contributed by atoms with Crippen LogP contribution >= 0.6 is 0 Å². The topological polar surface area (TPSA) is 123 Å². The number of aliphatic hydroxyl groups excluding tert-OH is 1. The van der Waals surface area contributed by atoms with E-state index in [1.54, 1.807) is 20.0 Å².